The van der Waals surface area contributed by atoms with Gasteiger partial charge in [0.05, 0.1) is 27.1 Å². The number of para-hydroxylation sites is 1. The van der Waals surface area contributed by atoms with Crippen molar-refractivity contribution in [3.05, 3.63) is 41.4 Å². The van der Waals surface area contributed by atoms with E-state index in [0.29, 0.717) is 25.7 Å². The van der Waals surface area contributed by atoms with E-state index in [1.807, 2.05) is 57.2 Å². The van der Waals surface area contributed by atoms with Crippen molar-refractivity contribution >= 4 is 39.3 Å². The van der Waals surface area contributed by atoms with Crippen molar-refractivity contribution in [1.82, 2.24) is 15.2 Å². The van der Waals surface area contributed by atoms with Crippen LogP contribution in [0.1, 0.15) is 45.0 Å². The Labute approximate surface area is 186 Å². The van der Waals surface area contributed by atoms with Gasteiger partial charge in [0.2, 0.25) is 17.7 Å². The third-order valence-corrected chi connectivity index (χ3v) is 7.12. The standard InChI is InChI=1S/C24H29N3O3S/c1-14(2)12-19(27-23(29)16-8-4-5-9-17(16)24(27)30)22(28)25-15(3)13-21-26-18-10-6-7-11-20(18)31-21/h4-7,10-11,14-17,19H,8-9,12-13H2,1-3H3,(H,25,28)/t15-,16-,17-,19-/m1/s1. The highest BCUT2D eigenvalue weighted by atomic mass is 32.1. The van der Waals surface area contributed by atoms with Crippen LogP contribution in [-0.4, -0.2) is 39.7 Å². The third-order valence-electron chi connectivity index (χ3n) is 6.06. The summed E-state index contributed by atoms with van der Waals surface area (Å²) < 4.78 is 1.12. The lowest BCUT2D eigenvalue weighted by Crippen LogP contribution is -2.52. The summed E-state index contributed by atoms with van der Waals surface area (Å²) in [4.78, 5) is 45.2. The summed E-state index contributed by atoms with van der Waals surface area (Å²) in [5.41, 5.74) is 0.961. The van der Waals surface area contributed by atoms with Crippen molar-refractivity contribution in [2.75, 3.05) is 0 Å². The predicted octanol–water partition coefficient (Wildman–Crippen LogP) is 3.71. The second-order valence-corrected chi connectivity index (χ2v) is 10.2. The second-order valence-electron chi connectivity index (χ2n) is 9.04. The van der Waals surface area contributed by atoms with Crippen molar-refractivity contribution in [3.8, 4) is 0 Å². The molecule has 2 heterocycles. The average Bonchev–Trinajstić information content (AvgIpc) is 3.24. The number of amides is 3. The first kappa shape index (κ1) is 21.7. The minimum Gasteiger partial charge on any atom is -0.351 e. The summed E-state index contributed by atoms with van der Waals surface area (Å²) >= 11 is 1.62. The Morgan fingerprint density at radius 2 is 1.77 bits per heavy atom. The molecule has 31 heavy (non-hydrogen) atoms. The van der Waals surface area contributed by atoms with Crippen LogP contribution in [0.25, 0.3) is 10.2 Å². The first-order valence-electron chi connectivity index (χ1n) is 11.0. The first-order chi connectivity index (χ1) is 14.8. The smallest absolute Gasteiger partial charge is 0.243 e. The summed E-state index contributed by atoms with van der Waals surface area (Å²) in [6, 6.07) is 7.06. The van der Waals surface area contributed by atoms with Crippen LogP contribution in [0.15, 0.2) is 36.4 Å². The van der Waals surface area contributed by atoms with Crippen molar-refractivity contribution < 1.29 is 14.4 Å². The molecule has 1 saturated heterocycles. The maximum Gasteiger partial charge on any atom is 0.243 e. The second kappa shape index (κ2) is 8.91. The van der Waals surface area contributed by atoms with E-state index < -0.39 is 6.04 Å². The summed E-state index contributed by atoms with van der Waals surface area (Å²) in [5.74, 6) is -1.11. The van der Waals surface area contributed by atoms with Gasteiger partial charge in [0.25, 0.3) is 0 Å². The van der Waals surface area contributed by atoms with Crippen molar-refractivity contribution in [2.24, 2.45) is 17.8 Å². The van der Waals surface area contributed by atoms with Crippen LogP contribution in [0.3, 0.4) is 0 Å². The number of carbonyl (C=O) groups is 3. The van der Waals surface area contributed by atoms with Crippen LogP contribution in [0, 0.1) is 17.8 Å². The average molecular weight is 440 g/mol. The van der Waals surface area contributed by atoms with Crippen molar-refractivity contribution in [3.63, 3.8) is 0 Å². The van der Waals surface area contributed by atoms with Gasteiger partial charge in [-0.2, -0.15) is 0 Å². The highest BCUT2D eigenvalue weighted by Gasteiger charge is 2.51. The Balaban J connectivity index is 1.47. The van der Waals surface area contributed by atoms with E-state index in [4.69, 9.17) is 0 Å². The SMILES string of the molecule is CC(C)C[C@H](C(=O)N[C@H](C)Cc1nc2ccccc2s1)N1C(=O)[C@@H]2CC=CC[C@H]2C1=O. The van der Waals surface area contributed by atoms with Crippen molar-refractivity contribution in [1.29, 1.82) is 0 Å². The number of carbonyl (C=O) groups excluding carboxylic acids is 3. The van der Waals surface area contributed by atoms with E-state index in [2.05, 4.69) is 10.3 Å². The number of benzene rings is 1. The van der Waals surface area contributed by atoms with E-state index in [0.717, 1.165) is 15.2 Å². The number of imide groups is 1. The van der Waals surface area contributed by atoms with Crippen LogP contribution in [0.2, 0.25) is 0 Å². The molecular weight excluding hydrogens is 410 g/mol. The maximum atomic E-state index is 13.2. The molecule has 164 valence electrons. The fourth-order valence-corrected chi connectivity index (χ4v) is 5.66. The quantitative estimate of drug-likeness (QED) is 0.527. The van der Waals surface area contributed by atoms with Crippen LogP contribution >= 0.6 is 11.3 Å². The van der Waals surface area contributed by atoms with E-state index in [1.165, 1.54) is 4.90 Å². The Morgan fingerprint density at radius 3 is 2.39 bits per heavy atom. The molecular formula is C24H29N3O3S. The zero-order valence-corrected chi connectivity index (χ0v) is 19.0. The number of aromatic nitrogens is 1. The molecule has 1 N–H and O–H groups in total. The molecule has 3 amide bonds. The molecule has 1 aromatic carbocycles. The van der Waals surface area contributed by atoms with Gasteiger partial charge in [0.15, 0.2) is 0 Å². The molecule has 6 nitrogen and oxygen atoms in total. The summed E-state index contributed by atoms with van der Waals surface area (Å²) in [6.45, 7) is 5.95. The van der Waals surface area contributed by atoms with Crippen LogP contribution in [-0.2, 0) is 20.8 Å². The largest absolute Gasteiger partial charge is 0.351 e. The van der Waals surface area contributed by atoms with E-state index in [1.54, 1.807) is 11.3 Å². The molecule has 1 aliphatic heterocycles. The van der Waals surface area contributed by atoms with Gasteiger partial charge in [-0.1, -0.05) is 38.1 Å². The fourth-order valence-electron chi connectivity index (χ4n) is 4.57. The Bertz CT molecular complexity index is 969. The molecule has 0 spiro atoms. The van der Waals surface area contributed by atoms with Gasteiger partial charge in [0, 0.05) is 12.5 Å². The van der Waals surface area contributed by atoms with Crippen LogP contribution in [0.4, 0.5) is 0 Å². The molecule has 7 heteroatoms. The minimum absolute atomic E-state index is 0.153. The lowest BCUT2D eigenvalue weighted by Gasteiger charge is -2.28. The number of hydrogen-bond donors (Lipinski definition) is 1. The maximum absolute atomic E-state index is 13.2. The summed E-state index contributed by atoms with van der Waals surface area (Å²) in [6.07, 6.45) is 6.16. The third kappa shape index (κ3) is 4.42. The number of thiazole rings is 1. The monoisotopic (exact) mass is 439 g/mol. The van der Waals surface area contributed by atoms with Crippen molar-refractivity contribution in [2.45, 2.75) is 58.5 Å². The van der Waals surface area contributed by atoms with Gasteiger partial charge >= 0.3 is 0 Å². The molecule has 0 radical (unpaired) electrons. The van der Waals surface area contributed by atoms with Crippen LogP contribution < -0.4 is 5.32 Å². The predicted molar refractivity (Wildman–Crippen MR) is 121 cm³/mol. The molecule has 1 fully saturated rings. The molecule has 4 atom stereocenters. The normalized spacial score (nSPS) is 22.8. The summed E-state index contributed by atoms with van der Waals surface area (Å²) in [7, 11) is 0. The van der Waals surface area contributed by atoms with Gasteiger partial charge in [-0.25, -0.2) is 4.98 Å². The highest BCUT2D eigenvalue weighted by molar-refractivity contribution is 7.18. The lowest BCUT2D eigenvalue weighted by atomic mass is 9.85. The Kier molecular flexibility index (Phi) is 6.23. The molecule has 0 bridgehead atoms. The lowest BCUT2D eigenvalue weighted by molar-refractivity contribution is -0.148. The minimum atomic E-state index is -0.761. The molecule has 2 aliphatic rings. The van der Waals surface area contributed by atoms with Gasteiger partial charge in [0.1, 0.15) is 6.04 Å². The van der Waals surface area contributed by atoms with E-state index >= 15 is 0 Å². The van der Waals surface area contributed by atoms with Gasteiger partial charge in [-0.3, -0.25) is 19.3 Å². The first-order valence-corrected chi connectivity index (χ1v) is 11.8. The highest BCUT2D eigenvalue weighted by Crippen LogP contribution is 2.37. The topological polar surface area (TPSA) is 79.4 Å². The number of allylic oxidation sites excluding steroid dienone is 2. The molecule has 1 aromatic heterocycles. The van der Waals surface area contributed by atoms with Gasteiger partial charge in [-0.15, -0.1) is 11.3 Å². The number of nitrogens with one attached hydrogen (secondary N) is 1. The number of fused-ring (bicyclic) bond motifs is 2. The molecule has 0 saturated carbocycles. The van der Waals surface area contributed by atoms with Gasteiger partial charge < -0.3 is 5.32 Å². The van der Waals surface area contributed by atoms with Crippen LogP contribution in [0.5, 0.6) is 0 Å². The number of likely N-dealkylation sites (tertiary alicyclic amines) is 1. The zero-order chi connectivity index (χ0) is 22.1. The molecule has 2 aromatic rings. The zero-order valence-electron chi connectivity index (χ0n) is 18.2. The number of hydrogen-bond acceptors (Lipinski definition) is 5. The fraction of sp³-hybridized carbons (Fsp3) is 0.500. The van der Waals surface area contributed by atoms with Gasteiger partial charge in [-0.05, 0) is 44.2 Å². The Morgan fingerprint density at radius 1 is 1.13 bits per heavy atom. The van der Waals surface area contributed by atoms with E-state index in [-0.39, 0.29) is 41.5 Å². The Hall–Kier alpha value is -2.54. The molecule has 4 rings (SSSR count). The van der Waals surface area contributed by atoms with E-state index in [9.17, 15) is 14.4 Å². The number of rotatable bonds is 7. The summed E-state index contributed by atoms with van der Waals surface area (Å²) in [5, 5.41) is 4.00. The number of nitrogens with zero attached hydrogens (tertiary/aromatic N) is 2. The molecule has 0 unspecified atom stereocenters. The molecule has 1 aliphatic carbocycles.